The Bertz CT molecular complexity index is 973. The Balaban J connectivity index is 2.35. The third kappa shape index (κ3) is 4.42. The number of primary sulfonamides is 1. The van der Waals surface area contributed by atoms with Gasteiger partial charge >= 0.3 is 0 Å². The standard InChI is InChI=1S/C15H17BrN2O4S2/c1-10-6-7-13(16)9-15(10)24(21,22)18-11(2)12-4-3-5-14(8-12)23(17,19)20/h3-9,11,18H,1-2H3,(H2,17,19,20). The van der Waals surface area contributed by atoms with Crippen LogP contribution in [0.5, 0.6) is 0 Å². The van der Waals surface area contributed by atoms with Crippen LogP contribution in [0.25, 0.3) is 0 Å². The van der Waals surface area contributed by atoms with Gasteiger partial charge < -0.3 is 0 Å². The molecular weight excluding hydrogens is 416 g/mol. The lowest BCUT2D eigenvalue weighted by molar-refractivity contribution is 0.566. The first-order valence-corrected chi connectivity index (χ1v) is 10.7. The summed E-state index contributed by atoms with van der Waals surface area (Å²) >= 11 is 3.26. The Morgan fingerprint density at radius 1 is 1.08 bits per heavy atom. The molecule has 0 aromatic heterocycles. The molecule has 24 heavy (non-hydrogen) atoms. The first-order valence-electron chi connectivity index (χ1n) is 6.92. The summed E-state index contributed by atoms with van der Waals surface area (Å²) in [5.74, 6) is 0. The van der Waals surface area contributed by atoms with E-state index in [1.165, 1.54) is 24.3 Å². The van der Waals surface area contributed by atoms with Gasteiger partial charge in [-0.3, -0.25) is 0 Å². The van der Waals surface area contributed by atoms with Gasteiger partial charge in [-0.25, -0.2) is 26.7 Å². The van der Waals surface area contributed by atoms with Crippen molar-refractivity contribution in [3.05, 3.63) is 58.1 Å². The topological polar surface area (TPSA) is 106 Å². The molecule has 0 amide bonds. The van der Waals surface area contributed by atoms with Crippen molar-refractivity contribution in [1.82, 2.24) is 4.72 Å². The molecule has 3 N–H and O–H groups in total. The Morgan fingerprint density at radius 3 is 2.38 bits per heavy atom. The molecule has 1 unspecified atom stereocenters. The fourth-order valence-electron chi connectivity index (χ4n) is 2.19. The quantitative estimate of drug-likeness (QED) is 0.756. The first-order chi connectivity index (χ1) is 11.0. The van der Waals surface area contributed by atoms with Crippen LogP contribution in [-0.2, 0) is 20.0 Å². The van der Waals surface area contributed by atoms with Gasteiger partial charge in [-0.05, 0) is 49.2 Å². The number of sulfonamides is 2. The highest BCUT2D eigenvalue weighted by molar-refractivity contribution is 9.10. The number of benzene rings is 2. The van der Waals surface area contributed by atoms with Crippen molar-refractivity contribution in [2.24, 2.45) is 5.14 Å². The molecule has 9 heteroatoms. The Hall–Kier alpha value is -1.26. The van der Waals surface area contributed by atoms with Crippen LogP contribution in [0.4, 0.5) is 0 Å². The van der Waals surface area contributed by atoms with Crippen LogP contribution in [-0.4, -0.2) is 16.8 Å². The largest absolute Gasteiger partial charge is 0.241 e. The summed E-state index contributed by atoms with van der Waals surface area (Å²) in [6.45, 7) is 3.33. The molecule has 0 saturated carbocycles. The molecule has 0 fully saturated rings. The van der Waals surface area contributed by atoms with Crippen molar-refractivity contribution in [2.45, 2.75) is 29.7 Å². The minimum absolute atomic E-state index is 0.0651. The third-order valence-electron chi connectivity index (χ3n) is 3.46. The van der Waals surface area contributed by atoms with E-state index >= 15 is 0 Å². The molecule has 2 aromatic rings. The maximum absolute atomic E-state index is 12.6. The average molecular weight is 433 g/mol. The number of aryl methyl sites for hydroxylation is 1. The molecule has 130 valence electrons. The van der Waals surface area contributed by atoms with E-state index in [4.69, 9.17) is 5.14 Å². The van der Waals surface area contributed by atoms with E-state index in [2.05, 4.69) is 20.7 Å². The van der Waals surface area contributed by atoms with Gasteiger partial charge in [-0.2, -0.15) is 0 Å². The van der Waals surface area contributed by atoms with Gasteiger partial charge in [0.1, 0.15) is 0 Å². The molecule has 0 saturated heterocycles. The summed E-state index contributed by atoms with van der Waals surface area (Å²) in [5, 5.41) is 5.11. The molecule has 0 radical (unpaired) electrons. The lowest BCUT2D eigenvalue weighted by atomic mass is 10.1. The van der Waals surface area contributed by atoms with Gasteiger partial charge in [0.25, 0.3) is 0 Å². The minimum Gasteiger partial charge on any atom is -0.225 e. The van der Waals surface area contributed by atoms with E-state index < -0.39 is 26.1 Å². The molecule has 0 aliphatic carbocycles. The second kappa shape index (κ2) is 6.93. The molecule has 0 bridgehead atoms. The molecule has 0 aliphatic heterocycles. The minimum atomic E-state index is -3.85. The number of hydrogen-bond acceptors (Lipinski definition) is 4. The van der Waals surface area contributed by atoms with Gasteiger partial charge in [0.15, 0.2) is 0 Å². The SMILES string of the molecule is Cc1ccc(Br)cc1S(=O)(=O)NC(C)c1cccc(S(N)(=O)=O)c1. The highest BCUT2D eigenvalue weighted by Crippen LogP contribution is 2.23. The van der Waals surface area contributed by atoms with Gasteiger partial charge in [0.05, 0.1) is 9.79 Å². The summed E-state index contributed by atoms with van der Waals surface area (Å²) < 4.78 is 51.3. The molecule has 0 spiro atoms. The maximum Gasteiger partial charge on any atom is 0.241 e. The third-order valence-corrected chi connectivity index (χ3v) is 6.55. The molecule has 0 aliphatic rings. The molecule has 6 nitrogen and oxygen atoms in total. The van der Waals surface area contributed by atoms with E-state index in [1.807, 2.05) is 0 Å². The van der Waals surface area contributed by atoms with Crippen LogP contribution in [0.1, 0.15) is 24.1 Å². The number of rotatable bonds is 5. The zero-order chi connectivity index (χ0) is 18.1. The Labute approximate surface area is 150 Å². The lowest BCUT2D eigenvalue weighted by Crippen LogP contribution is -2.27. The zero-order valence-electron chi connectivity index (χ0n) is 13.0. The van der Waals surface area contributed by atoms with Crippen molar-refractivity contribution in [2.75, 3.05) is 0 Å². The summed E-state index contributed by atoms with van der Waals surface area (Å²) in [4.78, 5) is 0.0935. The summed E-state index contributed by atoms with van der Waals surface area (Å²) in [5.41, 5.74) is 1.11. The molecule has 2 rings (SSSR count). The molecule has 1 atom stereocenters. The number of halogens is 1. The van der Waals surface area contributed by atoms with Gasteiger partial charge in [-0.1, -0.05) is 34.1 Å². The van der Waals surface area contributed by atoms with Crippen LogP contribution in [0.15, 0.2) is 56.7 Å². The summed E-state index contributed by atoms with van der Waals surface area (Å²) in [6.07, 6.45) is 0. The first kappa shape index (κ1) is 19.1. The smallest absolute Gasteiger partial charge is 0.225 e. The highest BCUT2D eigenvalue weighted by atomic mass is 79.9. The predicted octanol–water partition coefficient (Wildman–Crippen LogP) is 2.44. The van der Waals surface area contributed by atoms with Crippen molar-refractivity contribution in [3.8, 4) is 0 Å². The molecular formula is C15H17BrN2O4S2. The monoisotopic (exact) mass is 432 g/mol. The fourth-order valence-corrected chi connectivity index (χ4v) is 4.77. The zero-order valence-corrected chi connectivity index (χ0v) is 16.2. The van der Waals surface area contributed by atoms with Crippen molar-refractivity contribution < 1.29 is 16.8 Å². The molecule has 2 aromatic carbocycles. The lowest BCUT2D eigenvalue weighted by Gasteiger charge is -2.16. The van der Waals surface area contributed by atoms with Crippen LogP contribution in [0.3, 0.4) is 0 Å². The van der Waals surface area contributed by atoms with Gasteiger partial charge in [0, 0.05) is 10.5 Å². The second-order valence-corrected chi connectivity index (χ2v) is 9.53. The van der Waals surface area contributed by atoms with E-state index in [0.717, 1.165) is 0 Å². The van der Waals surface area contributed by atoms with E-state index in [1.54, 1.807) is 32.0 Å². The maximum atomic E-state index is 12.6. The molecule has 0 heterocycles. The number of nitrogens with one attached hydrogen (secondary N) is 1. The number of nitrogens with two attached hydrogens (primary N) is 1. The average Bonchev–Trinajstić information content (AvgIpc) is 2.48. The van der Waals surface area contributed by atoms with Crippen LogP contribution in [0.2, 0.25) is 0 Å². The van der Waals surface area contributed by atoms with Crippen LogP contribution < -0.4 is 9.86 Å². The highest BCUT2D eigenvalue weighted by Gasteiger charge is 2.21. The van der Waals surface area contributed by atoms with Crippen molar-refractivity contribution >= 4 is 36.0 Å². The predicted molar refractivity (Wildman–Crippen MR) is 95.4 cm³/mol. The normalized spacial score (nSPS) is 13.7. The van der Waals surface area contributed by atoms with E-state index in [0.29, 0.717) is 15.6 Å². The second-order valence-electron chi connectivity index (χ2n) is 5.37. The fraction of sp³-hybridized carbons (Fsp3) is 0.200. The Morgan fingerprint density at radius 2 is 1.75 bits per heavy atom. The van der Waals surface area contributed by atoms with Crippen LogP contribution in [0, 0.1) is 6.92 Å². The summed E-state index contributed by atoms with van der Waals surface area (Å²) in [6, 6.07) is 10.2. The van der Waals surface area contributed by atoms with E-state index in [9.17, 15) is 16.8 Å². The number of hydrogen-bond donors (Lipinski definition) is 2. The van der Waals surface area contributed by atoms with Crippen molar-refractivity contribution in [1.29, 1.82) is 0 Å². The van der Waals surface area contributed by atoms with E-state index in [-0.39, 0.29) is 9.79 Å². The van der Waals surface area contributed by atoms with Gasteiger partial charge in [0.2, 0.25) is 20.0 Å². The summed E-state index contributed by atoms with van der Waals surface area (Å²) in [7, 11) is -7.62. The van der Waals surface area contributed by atoms with Gasteiger partial charge in [-0.15, -0.1) is 0 Å². The van der Waals surface area contributed by atoms with Crippen molar-refractivity contribution in [3.63, 3.8) is 0 Å². The Kier molecular flexibility index (Phi) is 5.50. The van der Waals surface area contributed by atoms with Crippen LogP contribution >= 0.6 is 15.9 Å².